The molecule has 7 heteroatoms. The van der Waals surface area contributed by atoms with Crippen molar-refractivity contribution < 1.29 is 4.42 Å². The number of aromatic nitrogens is 4. The number of para-hydroxylation sites is 2. The molecule has 0 amide bonds. The topological polar surface area (TPSA) is 80.5 Å². The smallest absolute Gasteiger partial charge is 0.238 e. The first kappa shape index (κ1) is 38.0. The highest BCUT2D eigenvalue weighted by Gasteiger charge is 2.41. The SMILES string of the molecule is N#Cc1ccc2c(c1)c1ccccc1n2-c1nc(-c2cccc([Si](c3ccccc3)(c3ccccc3)c3ccccc3)c2)nc(-c2ccccc2-c2cccc3oc4ccccc4c23)n1. The highest BCUT2D eigenvalue weighted by atomic mass is 28.3. The largest absolute Gasteiger partial charge is 0.456 e. The minimum Gasteiger partial charge on any atom is -0.456 e. The second-order valence-electron chi connectivity index (χ2n) is 16.2. The van der Waals surface area contributed by atoms with Gasteiger partial charge in [-0.1, -0.05) is 188 Å². The van der Waals surface area contributed by atoms with Crippen molar-refractivity contribution in [2.45, 2.75) is 0 Å². The van der Waals surface area contributed by atoms with E-state index in [9.17, 15) is 5.26 Å². The Kier molecular flexibility index (Phi) is 9.11. The van der Waals surface area contributed by atoms with Gasteiger partial charge in [-0.2, -0.15) is 15.2 Å². The van der Waals surface area contributed by atoms with Crippen LogP contribution in [0.3, 0.4) is 0 Å². The summed E-state index contributed by atoms with van der Waals surface area (Å²) in [4.78, 5) is 16.3. The third kappa shape index (κ3) is 6.19. The fourth-order valence-electron chi connectivity index (χ4n) is 9.84. The van der Waals surface area contributed by atoms with Crippen molar-refractivity contribution in [3.05, 3.63) is 230 Å². The predicted octanol–water partition coefficient (Wildman–Crippen LogP) is 11.1. The molecule has 65 heavy (non-hydrogen) atoms. The molecular weight excluding hydrogens is 811 g/mol. The lowest BCUT2D eigenvalue weighted by Crippen LogP contribution is -2.74. The molecule has 0 atom stereocenters. The molecule has 0 aliphatic heterocycles. The Morgan fingerprint density at radius 1 is 0.415 bits per heavy atom. The third-order valence-electron chi connectivity index (χ3n) is 12.7. The monoisotopic (exact) mass is 847 g/mol. The van der Waals surface area contributed by atoms with Crippen LogP contribution in [0, 0.1) is 11.3 Å². The molecule has 304 valence electrons. The number of nitrogens with zero attached hydrogens (tertiary/aromatic N) is 5. The zero-order valence-electron chi connectivity index (χ0n) is 35.0. The summed E-state index contributed by atoms with van der Waals surface area (Å²) in [5.41, 5.74) is 7.81. The van der Waals surface area contributed by atoms with E-state index >= 15 is 0 Å². The standard InChI is InChI=1S/C58H37N5OSi/c59-38-39-34-35-52-50(36-39)46-27-12-14-31-51(46)63(52)58-61-56(60-57(62-58)48-28-11-10-26-45(48)47-30-17-33-54-55(47)49-29-13-15-32-53(49)64-54)40-18-16-25-44(37-40)65(41-19-4-1-5-20-41,42-21-6-2-7-22-42)43-23-8-3-9-24-43/h1-37H. The summed E-state index contributed by atoms with van der Waals surface area (Å²) in [6.07, 6.45) is 0. The molecule has 0 bridgehead atoms. The Hall–Kier alpha value is -8.70. The lowest BCUT2D eigenvalue weighted by molar-refractivity contribution is 0.669. The van der Waals surface area contributed by atoms with E-state index in [2.05, 4.69) is 174 Å². The highest BCUT2D eigenvalue weighted by Crippen LogP contribution is 2.41. The van der Waals surface area contributed by atoms with Crippen LogP contribution in [0.2, 0.25) is 0 Å². The Morgan fingerprint density at radius 3 is 1.69 bits per heavy atom. The Bertz CT molecular complexity index is 3700. The summed E-state index contributed by atoms with van der Waals surface area (Å²) in [7, 11) is -2.90. The minimum atomic E-state index is -2.90. The maximum absolute atomic E-state index is 9.95. The van der Waals surface area contributed by atoms with Gasteiger partial charge in [-0.3, -0.25) is 4.57 Å². The molecule has 0 radical (unpaired) electrons. The predicted molar refractivity (Wildman–Crippen MR) is 266 cm³/mol. The summed E-state index contributed by atoms with van der Waals surface area (Å²) >= 11 is 0. The lowest BCUT2D eigenvalue weighted by Gasteiger charge is -2.34. The van der Waals surface area contributed by atoms with Crippen LogP contribution < -0.4 is 20.7 Å². The van der Waals surface area contributed by atoms with Crippen molar-refractivity contribution in [1.82, 2.24) is 19.5 Å². The quantitative estimate of drug-likeness (QED) is 0.112. The van der Waals surface area contributed by atoms with Crippen LogP contribution in [-0.4, -0.2) is 27.6 Å². The van der Waals surface area contributed by atoms with Crippen LogP contribution in [0.25, 0.3) is 83.6 Å². The molecule has 6 nitrogen and oxygen atoms in total. The van der Waals surface area contributed by atoms with E-state index in [0.717, 1.165) is 66.0 Å². The molecule has 0 spiro atoms. The fourth-order valence-corrected chi connectivity index (χ4v) is 14.6. The summed E-state index contributed by atoms with van der Waals surface area (Å²) in [5.74, 6) is 1.56. The summed E-state index contributed by atoms with van der Waals surface area (Å²) in [6, 6.07) is 80.8. The zero-order valence-corrected chi connectivity index (χ0v) is 36.0. The van der Waals surface area contributed by atoms with Gasteiger partial charge in [0.25, 0.3) is 0 Å². The molecule has 3 aromatic heterocycles. The van der Waals surface area contributed by atoms with E-state index in [0.29, 0.717) is 23.2 Å². The Morgan fingerprint density at radius 2 is 0.969 bits per heavy atom. The second kappa shape index (κ2) is 15.6. The van der Waals surface area contributed by atoms with E-state index < -0.39 is 8.07 Å². The number of hydrogen-bond donors (Lipinski definition) is 0. The minimum absolute atomic E-state index is 0.478. The van der Waals surface area contributed by atoms with Crippen molar-refractivity contribution >= 4 is 72.6 Å². The molecule has 0 fully saturated rings. The molecule has 0 aliphatic rings. The number of nitriles is 1. The third-order valence-corrected chi connectivity index (χ3v) is 17.4. The second-order valence-corrected chi connectivity index (χ2v) is 20.0. The number of hydrogen-bond acceptors (Lipinski definition) is 5. The number of benzene rings is 9. The van der Waals surface area contributed by atoms with E-state index in [1.807, 2.05) is 60.7 Å². The Labute approximate surface area is 376 Å². The summed E-state index contributed by atoms with van der Waals surface area (Å²) in [5, 5.41) is 19.1. The highest BCUT2D eigenvalue weighted by molar-refractivity contribution is 7.19. The molecule has 3 heterocycles. The summed E-state index contributed by atoms with van der Waals surface area (Å²) < 4.78 is 8.48. The van der Waals surface area contributed by atoms with Crippen molar-refractivity contribution in [3.63, 3.8) is 0 Å². The van der Waals surface area contributed by atoms with E-state index in [1.54, 1.807) is 0 Å². The van der Waals surface area contributed by atoms with Crippen LogP contribution >= 0.6 is 0 Å². The molecule has 12 rings (SSSR count). The summed E-state index contributed by atoms with van der Waals surface area (Å²) in [6.45, 7) is 0. The van der Waals surface area contributed by atoms with Crippen LogP contribution in [0.1, 0.15) is 5.56 Å². The molecule has 0 saturated carbocycles. The molecule has 0 N–H and O–H groups in total. The first-order chi connectivity index (χ1) is 32.2. The van der Waals surface area contributed by atoms with Gasteiger partial charge in [0.05, 0.1) is 22.7 Å². The van der Waals surface area contributed by atoms with Gasteiger partial charge in [0, 0.05) is 32.7 Å². The van der Waals surface area contributed by atoms with E-state index in [-0.39, 0.29) is 0 Å². The number of rotatable bonds is 8. The van der Waals surface area contributed by atoms with Gasteiger partial charge < -0.3 is 4.42 Å². The van der Waals surface area contributed by atoms with Crippen LogP contribution in [0.4, 0.5) is 0 Å². The van der Waals surface area contributed by atoms with Crippen molar-refractivity contribution in [2.24, 2.45) is 0 Å². The zero-order chi connectivity index (χ0) is 43.3. The van der Waals surface area contributed by atoms with Gasteiger partial charge in [0.2, 0.25) is 5.95 Å². The first-order valence-electron chi connectivity index (χ1n) is 21.7. The van der Waals surface area contributed by atoms with Crippen molar-refractivity contribution in [1.29, 1.82) is 5.26 Å². The molecule has 0 saturated heterocycles. The van der Waals surface area contributed by atoms with Gasteiger partial charge in [-0.05, 0) is 68.3 Å². The Balaban J connectivity index is 1.14. The van der Waals surface area contributed by atoms with Gasteiger partial charge >= 0.3 is 0 Å². The fraction of sp³-hybridized carbons (Fsp3) is 0. The molecular formula is C58H37N5OSi. The lowest BCUT2D eigenvalue weighted by atomic mass is 9.95. The first-order valence-corrected chi connectivity index (χ1v) is 23.7. The molecule has 9 aromatic carbocycles. The van der Waals surface area contributed by atoms with Crippen LogP contribution in [0.5, 0.6) is 0 Å². The average molecular weight is 848 g/mol. The van der Waals surface area contributed by atoms with Crippen molar-refractivity contribution in [3.8, 4) is 45.9 Å². The molecule has 12 aromatic rings. The average Bonchev–Trinajstić information content (AvgIpc) is 3.93. The van der Waals surface area contributed by atoms with Crippen LogP contribution in [0.15, 0.2) is 229 Å². The normalized spacial score (nSPS) is 11.7. The maximum Gasteiger partial charge on any atom is 0.238 e. The number of furan rings is 1. The number of fused-ring (bicyclic) bond motifs is 6. The van der Waals surface area contributed by atoms with Gasteiger partial charge in [-0.25, -0.2) is 4.98 Å². The van der Waals surface area contributed by atoms with Gasteiger partial charge in [-0.15, -0.1) is 0 Å². The van der Waals surface area contributed by atoms with Crippen molar-refractivity contribution in [2.75, 3.05) is 0 Å². The van der Waals surface area contributed by atoms with E-state index in [1.165, 1.54) is 20.7 Å². The van der Waals surface area contributed by atoms with E-state index in [4.69, 9.17) is 19.4 Å². The van der Waals surface area contributed by atoms with Gasteiger partial charge in [0.15, 0.2) is 19.7 Å². The van der Waals surface area contributed by atoms with Crippen LogP contribution in [-0.2, 0) is 0 Å². The molecule has 0 unspecified atom stereocenters. The maximum atomic E-state index is 9.95. The molecule has 0 aliphatic carbocycles. The van der Waals surface area contributed by atoms with Gasteiger partial charge in [0.1, 0.15) is 11.2 Å².